The van der Waals surface area contributed by atoms with Gasteiger partial charge in [-0.05, 0) is 54.4 Å². The third kappa shape index (κ3) is 4.93. The van der Waals surface area contributed by atoms with Crippen LogP contribution in [0.1, 0.15) is 16.8 Å². The molecular weight excluding hydrogens is 437 g/mol. The molecule has 0 radical (unpaired) electrons. The lowest BCUT2D eigenvalue weighted by Crippen LogP contribution is -2.33. The van der Waals surface area contributed by atoms with E-state index in [1.54, 1.807) is 37.3 Å². The smallest absolute Gasteiger partial charge is 0.357 e. The fourth-order valence-corrected chi connectivity index (χ4v) is 4.12. The molecule has 0 saturated heterocycles. The van der Waals surface area contributed by atoms with Crippen LogP contribution in [-0.2, 0) is 16.5 Å². The maximum atomic E-state index is 12.7. The Kier molecular flexibility index (Phi) is 6.21. The van der Waals surface area contributed by atoms with E-state index >= 15 is 0 Å². The molecule has 0 atom stereocenters. The second-order valence-electron chi connectivity index (χ2n) is 6.28. The van der Waals surface area contributed by atoms with Crippen LogP contribution in [0.2, 0.25) is 10.0 Å². The predicted octanol–water partition coefficient (Wildman–Crippen LogP) is 3.88. The molecule has 0 unspecified atom stereocenters. The van der Waals surface area contributed by atoms with Gasteiger partial charge < -0.3 is 4.74 Å². The number of nitrogens with zero attached hydrogens (tertiary/aromatic N) is 1. The first kappa shape index (κ1) is 21.2. The molecule has 0 bridgehead atoms. The van der Waals surface area contributed by atoms with Gasteiger partial charge in [0, 0.05) is 17.5 Å². The zero-order valence-electron chi connectivity index (χ0n) is 15.6. The zero-order chi connectivity index (χ0) is 21.2. The van der Waals surface area contributed by atoms with Crippen molar-refractivity contribution in [1.29, 1.82) is 0 Å². The second kappa shape index (κ2) is 8.49. The van der Waals surface area contributed by atoms with Crippen molar-refractivity contribution < 1.29 is 17.4 Å². The molecule has 6 nitrogen and oxygen atoms in total. The van der Waals surface area contributed by atoms with Gasteiger partial charge in [-0.1, -0.05) is 35.3 Å². The van der Waals surface area contributed by atoms with E-state index < -0.39 is 15.7 Å². The molecule has 152 valence electrons. The van der Waals surface area contributed by atoms with Gasteiger partial charge >= 0.3 is 10.1 Å². The highest BCUT2D eigenvalue weighted by Crippen LogP contribution is 2.27. The molecule has 0 N–H and O–H groups in total. The molecule has 0 aliphatic carbocycles. The molecular formula is C20H17Cl2NO5S. The topological polar surface area (TPSA) is 74.6 Å². The molecule has 0 spiro atoms. The summed E-state index contributed by atoms with van der Waals surface area (Å²) in [4.78, 5) is 12.3. The minimum absolute atomic E-state index is 0.106. The standard InChI is InChI=1S/C20H17Cl2NO5S/c1-13-9-16(11-14-3-5-15(21)6-4-14)23(20(24)10-13)28-29(25,26)17-7-8-19(27-2)18(22)12-17/h3-10,12H,11H2,1-2H3. The van der Waals surface area contributed by atoms with Crippen LogP contribution in [0.25, 0.3) is 0 Å². The van der Waals surface area contributed by atoms with Gasteiger partial charge in [0.1, 0.15) is 10.6 Å². The number of rotatable bonds is 6. The van der Waals surface area contributed by atoms with E-state index in [0.29, 0.717) is 22.0 Å². The van der Waals surface area contributed by atoms with Crippen molar-refractivity contribution in [2.24, 2.45) is 0 Å². The number of benzene rings is 2. The zero-order valence-corrected chi connectivity index (χ0v) is 17.9. The molecule has 1 heterocycles. The fraction of sp³-hybridized carbons (Fsp3) is 0.150. The first-order valence-corrected chi connectivity index (χ1v) is 10.6. The number of hydrogen-bond acceptors (Lipinski definition) is 5. The summed E-state index contributed by atoms with van der Waals surface area (Å²) in [6, 6.07) is 13.9. The molecule has 29 heavy (non-hydrogen) atoms. The minimum atomic E-state index is -4.32. The average molecular weight is 454 g/mol. The Labute approximate surface area is 178 Å². The van der Waals surface area contributed by atoms with Gasteiger partial charge in [0.25, 0.3) is 5.56 Å². The summed E-state index contributed by atoms with van der Waals surface area (Å²) in [5.41, 5.74) is 1.29. The van der Waals surface area contributed by atoms with Gasteiger partial charge in [0.2, 0.25) is 0 Å². The number of ether oxygens (including phenoxy) is 1. The van der Waals surface area contributed by atoms with E-state index in [4.69, 9.17) is 32.2 Å². The lowest BCUT2D eigenvalue weighted by Gasteiger charge is -2.14. The lowest BCUT2D eigenvalue weighted by atomic mass is 10.1. The summed E-state index contributed by atoms with van der Waals surface area (Å²) in [5, 5.41) is 0.681. The molecule has 1 aromatic heterocycles. The highest BCUT2D eigenvalue weighted by atomic mass is 35.5. The van der Waals surface area contributed by atoms with Crippen LogP contribution >= 0.6 is 23.2 Å². The van der Waals surface area contributed by atoms with Crippen molar-refractivity contribution in [1.82, 2.24) is 4.73 Å². The molecule has 2 aromatic carbocycles. The largest absolute Gasteiger partial charge is 0.495 e. The van der Waals surface area contributed by atoms with E-state index in [0.717, 1.165) is 10.3 Å². The van der Waals surface area contributed by atoms with Crippen LogP contribution < -0.4 is 14.6 Å². The highest BCUT2D eigenvalue weighted by Gasteiger charge is 2.21. The maximum Gasteiger partial charge on any atom is 0.357 e. The summed E-state index contributed by atoms with van der Waals surface area (Å²) in [7, 11) is -2.90. The minimum Gasteiger partial charge on any atom is -0.495 e. The van der Waals surface area contributed by atoms with Crippen LogP contribution in [0.3, 0.4) is 0 Å². The summed E-state index contributed by atoms with van der Waals surface area (Å²) in [6.07, 6.45) is 0.271. The van der Waals surface area contributed by atoms with E-state index in [1.165, 1.54) is 31.4 Å². The van der Waals surface area contributed by atoms with Crippen LogP contribution in [0.4, 0.5) is 0 Å². The summed E-state index contributed by atoms with van der Waals surface area (Å²) < 4.78 is 36.5. The monoisotopic (exact) mass is 453 g/mol. The second-order valence-corrected chi connectivity index (χ2v) is 8.66. The highest BCUT2D eigenvalue weighted by molar-refractivity contribution is 7.87. The van der Waals surface area contributed by atoms with Crippen LogP contribution in [0.15, 0.2) is 64.3 Å². The van der Waals surface area contributed by atoms with Crippen LogP contribution in [0.5, 0.6) is 5.75 Å². The quantitative estimate of drug-likeness (QED) is 0.565. The third-order valence-electron chi connectivity index (χ3n) is 4.09. The Bertz CT molecular complexity index is 1200. The molecule has 0 aliphatic heterocycles. The average Bonchev–Trinajstić information content (AvgIpc) is 2.66. The van der Waals surface area contributed by atoms with Crippen molar-refractivity contribution in [3.63, 3.8) is 0 Å². The Morgan fingerprint density at radius 3 is 2.31 bits per heavy atom. The van der Waals surface area contributed by atoms with Gasteiger partial charge in [0.05, 0.1) is 17.8 Å². The lowest BCUT2D eigenvalue weighted by molar-refractivity contribution is 0.257. The summed E-state index contributed by atoms with van der Waals surface area (Å²) in [6.45, 7) is 1.74. The summed E-state index contributed by atoms with van der Waals surface area (Å²) in [5.74, 6) is 0.321. The van der Waals surface area contributed by atoms with Crippen molar-refractivity contribution >= 4 is 33.3 Å². The maximum absolute atomic E-state index is 12.7. The molecule has 3 aromatic rings. The predicted molar refractivity (Wildman–Crippen MR) is 111 cm³/mol. The first-order valence-electron chi connectivity index (χ1n) is 8.45. The Morgan fingerprint density at radius 2 is 1.69 bits per heavy atom. The first-order chi connectivity index (χ1) is 13.7. The fourth-order valence-electron chi connectivity index (χ4n) is 2.72. The Morgan fingerprint density at radius 1 is 1.00 bits per heavy atom. The normalized spacial score (nSPS) is 11.3. The molecule has 0 fully saturated rings. The Balaban J connectivity index is 2.00. The number of aryl methyl sites for hydroxylation is 1. The number of hydrogen-bond donors (Lipinski definition) is 0. The number of methoxy groups -OCH3 is 1. The number of pyridine rings is 1. The van der Waals surface area contributed by atoms with E-state index in [1.807, 2.05) is 0 Å². The van der Waals surface area contributed by atoms with Crippen molar-refractivity contribution in [2.45, 2.75) is 18.2 Å². The van der Waals surface area contributed by atoms with Gasteiger partial charge in [0.15, 0.2) is 0 Å². The van der Waals surface area contributed by atoms with Crippen molar-refractivity contribution in [3.8, 4) is 5.75 Å². The van der Waals surface area contributed by atoms with Crippen molar-refractivity contribution in [2.75, 3.05) is 7.11 Å². The van der Waals surface area contributed by atoms with E-state index in [2.05, 4.69) is 0 Å². The van der Waals surface area contributed by atoms with Gasteiger partial charge in [-0.2, -0.15) is 8.42 Å². The molecule has 3 rings (SSSR count). The molecule has 9 heteroatoms. The third-order valence-corrected chi connectivity index (χ3v) is 5.81. The molecule has 0 saturated carbocycles. The summed E-state index contributed by atoms with van der Waals surface area (Å²) >= 11 is 11.9. The van der Waals surface area contributed by atoms with Crippen molar-refractivity contribution in [3.05, 3.63) is 91.8 Å². The van der Waals surface area contributed by atoms with Gasteiger partial charge in [-0.3, -0.25) is 9.08 Å². The van der Waals surface area contributed by atoms with Crippen LogP contribution in [-0.4, -0.2) is 20.3 Å². The number of aromatic nitrogens is 1. The Hall–Kier alpha value is -2.48. The van der Waals surface area contributed by atoms with Crippen LogP contribution in [0, 0.1) is 6.92 Å². The van der Waals surface area contributed by atoms with Gasteiger partial charge in [-0.15, -0.1) is 4.73 Å². The van der Waals surface area contributed by atoms with E-state index in [9.17, 15) is 13.2 Å². The van der Waals surface area contributed by atoms with E-state index in [-0.39, 0.29) is 16.3 Å². The van der Waals surface area contributed by atoms with Gasteiger partial charge in [-0.25, -0.2) is 0 Å². The molecule has 0 aliphatic rings. The molecule has 0 amide bonds. The number of halogens is 2. The SMILES string of the molecule is COc1ccc(S(=O)(=O)On2c(Cc3ccc(Cl)cc3)cc(C)cc2=O)cc1Cl.